The minimum Gasteiger partial charge on any atom is -0.507 e. The number of furan rings is 1. The summed E-state index contributed by atoms with van der Waals surface area (Å²) in [7, 11) is 1.59. The Labute approximate surface area is 195 Å². The Kier molecular flexibility index (Phi) is 7.03. The van der Waals surface area contributed by atoms with Gasteiger partial charge < -0.3 is 23.9 Å². The monoisotopic (exact) mass is 455 g/mol. The number of aliphatic hydroxyl groups is 1. The van der Waals surface area contributed by atoms with Crippen LogP contribution in [0, 0.1) is 6.92 Å². The van der Waals surface area contributed by atoms with Gasteiger partial charge >= 0.3 is 0 Å². The third kappa shape index (κ3) is 4.98. The van der Waals surface area contributed by atoms with E-state index in [2.05, 4.69) is 0 Å². The van der Waals surface area contributed by atoms with Crippen molar-refractivity contribution in [3.8, 4) is 5.75 Å². The number of hydrogen-bond acceptors (Lipinski definition) is 6. The quantitative estimate of drug-likeness (QED) is 0.368. The fraction of sp³-hybridized carbons (Fsp3) is 0.462. The van der Waals surface area contributed by atoms with Crippen LogP contribution in [0.25, 0.3) is 5.76 Å². The van der Waals surface area contributed by atoms with E-state index in [0.29, 0.717) is 22.8 Å². The molecule has 1 unspecified atom stereocenters. The highest BCUT2D eigenvalue weighted by Crippen LogP contribution is 2.41. The zero-order chi connectivity index (χ0) is 24.5. The van der Waals surface area contributed by atoms with Gasteiger partial charge in [0.1, 0.15) is 29.1 Å². The van der Waals surface area contributed by atoms with E-state index in [1.807, 2.05) is 34.6 Å². The number of Topliss-reactive ketones (excluding diaryl/α,β-unsaturated/α-hetero) is 1. The second kappa shape index (κ2) is 9.43. The topological polar surface area (TPSA) is 89.2 Å². The SMILES string of the molecule is COc1ccc(/C(O)=C2/C(=O)C(=O)N(CCOC(C)C)C2c2ccc(C)o2)cc1C(C)(C)C. The summed E-state index contributed by atoms with van der Waals surface area (Å²) in [5.41, 5.74) is 1.05. The van der Waals surface area contributed by atoms with Crippen LogP contribution in [0.2, 0.25) is 0 Å². The Balaban J connectivity index is 2.13. The molecule has 2 heterocycles. The van der Waals surface area contributed by atoms with Crippen molar-refractivity contribution in [2.75, 3.05) is 20.3 Å². The van der Waals surface area contributed by atoms with Crippen molar-refractivity contribution in [3.05, 3.63) is 58.6 Å². The maximum Gasteiger partial charge on any atom is 0.295 e. The summed E-state index contributed by atoms with van der Waals surface area (Å²) in [5, 5.41) is 11.3. The molecule has 33 heavy (non-hydrogen) atoms. The Hall–Kier alpha value is -3.06. The minimum absolute atomic E-state index is 0.00363. The van der Waals surface area contributed by atoms with Crippen molar-refractivity contribution in [2.24, 2.45) is 0 Å². The fourth-order valence-electron chi connectivity index (χ4n) is 3.99. The van der Waals surface area contributed by atoms with Gasteiger partial charge in [0.05, 0.1) is 25.4 Å². The highest BCUT2D eigenvalue weighted by atomic mass is 16.5. The molecule has 0 saturated carbocycles. The predicted molar refractivity (Wildman–Crippen MR) is 125 cm³/mol. The van der Waals surface area contributed by atoms with Crippen molar-refractivity contribution in [1.82, 2.24) is 4.90 Å². The first-order valence-corrected chi connectivity index (χ1v) is 11.1. The zero-order valence-electron chi connectivity index (χ0n) is 20.4. The molecule has 7 heteroatoms. The normalized spacial score (nSPS) is 18.4. The zero-order valence-corrected chi connectivity index (χ0v) is 20.4. The third-order valence-electron chi connectivity index (χ3n) is 5.63. The van der Waals surface area contributed by atoms with Crippen LogP contribution in [0.15, 0.2) is 40.3 Å². The van der Waals surface area contributed by atoms with E-state index < -0.39 is 17.7 Å². The van der Waals surface area contributed by atoms with Gasteiger partial charge in [-0.25, -0.2) is 0 Å². The molecule has 1 aliphatic heterocycles. The van der Waals surface area contributed by atoms with E-state index in [1.165, 1.54) is 4.90 Å². The number of likely N-dealkylation sites (tertiary alicyclic amines) is 1. The van der Waals surface area contributed by atoms with Crippen LogP contribution < -0.4 is 4.74 Å². The molecule has 0 radical (unpaired) electrons. The average Bonchev–Trinajstić information content (AvgIpc) is 3.28. The molecule has 1 aromatic carbocycles. The van der Waals surface area contributed by atoms with Crippen LogP contribution >= 0.6 is 0 Å². The molecule has 3 rings (SSSR count). The van der Waals surface area contributed by atoms with Gasteiger partial charge in [0.25, 0.3) is 11.7 Å². The van der Waals surface area contributed by atoms with Gasteiger partial charge in [-0.15, -0.1) is 0 Å². The van der Waals surface area contributed by atoms with Crippen molar-refractivity contribution in [2.45, 2.75) is 59.1 Å². The van der Waals surface area contributed by atoms with Crippen LogP contribution in [-0.2, 0) is 19.7 Å². The molecule has 1 fully saturated rings. The lowest BCUT2D eigenvalue weighted by molar-refractivity contribution is -0.140. The van der Waals surface area contributed by atoms with Gasteiger partial charge in [-0.3, -0.25) is 9.59 Å². The van der Waals surface area contributed by atoms with Gasteiger partial charge in [0, 0.05) is 17.7 Å². The third-order valence-corrected chi connectivity index (χ3v) is 5.63. The molecule has 0 bridgehead atoms. The van der Waals surface area contributed by atoms with Crippen molar-refractivity contribution in [1.29, 1.82) is 0 Å². The number of rotatable bonds is 7. The van der Waals surface area contributed by atoms with Crippen molar-refractivity contribution in [3.63, 3.8) is 0 Å². The molecule has 1 aliphatic rings. The highest BCUT2D eigenvalue weighted by Gasteiger charge is 2.47. The predicted octanol–water partition coefficient (Wildman–Crippen LogP) is 4.74. The number of carbonyl (C=O) groups excluding carboxylic acids is 2. The van der Waals surface area contributed by atoms with Gasteiger partial charge in [-0.1, -0.05) is 20.8 Å². The van der Waals surface area contributed by atoms with Crippen LogP contribution in [0.1, 0.15) is 63.3 Å². The smallest absolute Gasteiger partial charge is 0.295 e. The van der Waals surface area contributed by atoms with Crippen LogP contribution in [0.5, 0.6) is 5.75 Å². The lowest BCUT2D eigenvalue weighted by Crippen LogP contribution is -2.33. The molecule has 2 aromatic rings. The molecular formula is C26H33NO6. The minimum atomic E-state index is -0.838. The lowest BCUT2D eigenvalue weighted by atomic mass is 9.84. The van der Waals surface area contributed by atoms with E-state index in [4.69, 9.17) is 13.9 Å². The van der Waals surface area contributed by atoms with Crippen LogP contribution in [0.4, 0.5) is 0 Å². The molecule has 0 spiro atoms. The molecule has 1 atom stereocenters. The molecule has 0 aliphatic carbocycles. The Bertz CT molecular complexity index is 1070. The van der Waals surface area contributed by atoms with E-state index in [1.54, 1.807) is 44.4 Å². The summed E-state index contributed by atoms with van der Waals surface area (Å²) in [6, 6.07) is 7.90. The number of hydrogen-bond donors (Lipinski definition) is 1. The van der Waals surface area contributed by atoms with Crippen molar-refractivity contribution < 1.29 is 28.6 Å². The largest absolute Gasteiger partial charge is 0.507 e. The number of aliphatic hydroxyl groups excluding tert-OH is 1. The lowest BCUT2D eigenvalue weighted by Gasteiger charge is -2.24. The van der Waals surface area contributed by atoms with E-state index in [-0.39, 0.29) is 36.0 Å². The van der Waals surface area contributed by atoms with Crippen molar-refractivity contribution >= 4 is 17.4 Å². The van der Waals surface area contributed by atoms with Crippen LogP contribution in [-0.4, -0.2) is 48.1 Å². The molecule has 1 aromatic heterocycles. The summed E-state index contributed by atoms with van der Waals surface area (Å²) in [6.07, 6.45) is -0.0127. The molecule has 178 valence electrons. The molecule has 1 saturated heterocycles. The molecular weight excluding hydrogens is 422 g/mol. The number of aryl methyl sites for hydroxylation is 1. The maximum atomic E-state index is 13.1. The summed E-state index contributed by atoms with van der Waals surface area (Å²) in [6.45, 7) is 12.2. The molecule has 1 amide bonds. The summed E-state index contributed by atoms with van der Waals surface area (Å²) in [5.74, 6) is 0.0731. The Morgan fingerprint density at radius 3 is 2.42 bits per heavy atom. The van der Waals surface area contributed by atoms with Gasteiger partial charge in [-0.05, 0) is 56.5 Å². The number of ketones is 1. The highest BCUT2D eigenvalue weighted by molar-refractivity contribution is 6.46. The summed E-state index contributed by atoms with van der Waals surface area (Å²) in [4.78, 5) is 27.5. The Morgan fingerprint density at radius 2 is 1.88 bits per heavy atom. The van der Waals surface area contributed by atoms with Gasteiger partial charge in [0.15, 0.2) is 0 Å². The van der Waals surface area contributed by atoms with Gasteiger partial charge in [-0.2, -0.15) is 0 Å². The summed E-state index contributed by atoms with van der Waals surface area (Å²) < 4.78 is 16.9. The number of nitrogens with zero attached hydrogens (tertiary/aromatic N) is 1. The average molecular weight is 456 g/mol. The summed E-state index contributed by atoms with van der Waals surface area (Å²) >= 11 is 0. The van der Waals surface area contributed by atoms with Crippen LogP contribution in [0.3, 0.4) is 0 Å². The second-order valence-electron chi connectivity index (χ2n) is 9.53. The Morgan fingerprint density at radius 1 is 1.18 bits per heavy atom. The maximum absolute atomic E-state index is 13.1. The number of methoxy groups -OCH3 is 1. The number of ether oxygens (including phenoxy) is 2. The van der Waals surface area contributed by atoms with E-state index >= 15 is 0 Å². The number of benzene rings is 1. The standard InChI is InChI=1S/C26H33NO6/c1-15(2)32-13-12-27-22(20-10-8-16(3)33-20)21(24(29)25(27)30)23(28)17-9-11-19(31-7)18(14-17)26(4,5)6/h8-11,14-15,22,28H,12-13H2,1-7H3/b23-21-. The van der Waals surface area contributed by atoms with E-state index in [0.717, 1.165) is 5.56 Å². The first-order chi connectivity index (χ1) is 15.5. The molecule has 1 N–H and O–H groups in total. The van der Waals surface area contributed by atoms with Gasteiger partial charge in [0.2, 0.25) is 0 Å². The first-order valence-electron chi connectivity index (χ1n) is 11.1. The first kappa shape index (κ1) is 24.6. The molecule has 7 nitrogen and oxygen atoms in total. The second-order valence-corrected chi connectivity index (χ2v) is 9.53. The number of carbonyl (C=O) groups is 2. The number of amides is 1. The van der Waals surface area contributed by atoms with E-state index in [9.17, 15) is 14.7 Å². The fourth-order valence-corrected chi connectivity index (χ4v) is 3.99.